The summed E-state index contributed by atoms with van der Waals surface area (Å²) in [6, 6.07) is 18.3. The van der Waals surface area contributed by atoms with E-state index in [-0.39, 0.29) is 5.91 Å². The molecule has 5 heteroatoms. The second-order valence-corrected chi connectivity index (χ2v) is 6.70. The number of para-hydroxylation sites is 1. The van der Waals surface area contributed by atoms with Crippen molar-refractivity contribution >= 4 is 11.6 Å². The molecule has 1 heterocycles. The molecular formula is C21H27N3O2. The van der Waals surface area contributed by atoms with Gasteiger partial charge in [0.25, 0.3) is 0 Å². The molecule has 2 aromatic carbocycles. The second-order valence-electron chi connectivity index (χ2n) is 6.70. The molecule has 2 aromatic rings. The zero-order valence-corrected chi connectivity index (χ0v) is 15.6. The lowest BCUT2D eigenvalue weighted by molar-refractivity contribution is -0.131. The highest BCUT2D eigenvalue weighted by Gasteiger charge is 2.20. The average molecular weight is 353 g/mol. The molecule has 0 N–H and O–H groups in total. The molecule has 0 unspecified atom stereocenters. The SMILES string of the molecule is COc1ccc(CN(C)C(=O)CN2CCN(c3ccccc3)CC2)cc1. The molecule has 0 spiro atoms. The number of hydrogen-bond acceptors (Lipinski definition) is 4. The standard InChI is InChI=1S/C21H27N3O2/c1-22(16-18-8-10-20(26-2)11-9-18)21(25)17-23-12-14-24(15-13-23)19-6-4-3-5-7-19/h3-11H,12-17H2,1-2H3. The molecule has 26 heavy (non-hydrogen) atoms. The van der Waals surface area contributed by atoms with Gasteiger partial charge in [0.2, 0.25) is 5.91 Å². The molecule has 5 nitrogen and oxygen atoms in total. The third kappa shape index (κ3) is 4.76. The number of hydrogen-bond donors (Lipinski definition) is 0. The normalized spacial score (nSPS) is 14.9. The summed E-state index contributed by atoms with van der Waals surface area (Å²) in [5, 5.41) is 0. The van der Waals surface area contributed by atoms with E-state index in [9.17, 15) is 4.79 Å². The maximum Gasteiger partial charge on any atom is 0.236 e. The van der Waals surface area contributed by atoms with Gasteiger partial charge in [-0.05, 0) is 29.8 Å². The highest BCUT2D eigenvalue weighted by atomic mass is 16.5. The predicted octanol–water partition coefficient (Wildman–Crippen LogP) is 2.48. The van der Waals surface area contributed by atoms with Crippen molar-refractivity contribution in [3.8, 4) is 5.75 Å². The molecule has 1 amide bonds. The number of carbonyl (C=O) groups is 1. The molecule has 0 aromatic heterocycles. The van der Waals surface area contributed by atoms with E-state index in [1.807, 2.05) is 37.4 Å². The Hall–Kier alpha value is -2.53. The Morgan fingerprint density at radius 2 is 1.65 bits per heavy atom. The van der Waals surface area contributed by atoms with Gasteiger partial charge in [-0.3, -0.25) is 9.69 Å². The first-order valence-corrected chi connectivity index (χ1v) is 9.05. The van der Waals surface area contributed by atoms with Crippen LogP contribution in [0.4, 0.5) is 5.69 Å². The van der Waals surface area contributed by atoms with Crippen molar-refractivity contribution in [2.24, 2.45) is 0 Å². The highest BCUT2D eigenvalue weighted by Crippen LogP contribution is 2.16. The Balaban J connectivity index is 1.46. The van der Waals surface area contributed by atoms with Crippen molar-refractivity contribution in [1.82, 2.24) is 9.80 Å². The molecular weight excluding hydrogens is 326 g/mol. The zero-order valence-electron chi connectivity index (χ0n) is 15.6. The number of likely N-dealkylation sites (N-methyl/N-ethyl adjacent to an activating group) is 1. The van der Waals surface area contributed by atoms with Gasteiger partial charge in [-0.25, -0.2) is 0 Å². The van der Waals surface area contributed by atoms with Crippen LogP contribution in [-0.4, -0.2) is 62.6 Å². The minimum Gasteiger partial charge on any atom is -0.497 e. The molecule has 1 aliphatic rings. The Morgan fingerprint density at radius 1 is 1.00 bits per heavy atom. The van der Waals surface area contributed by atoms with Crippen LogP contribution in [0.15, 0.2) is 54.6 Å². The van der Waals surface area contributed by atoms with E-state index in [4.69, 9.17) is 4.74 Å². The van der Waals surface area contributed by atoms with Crippen LogP contribution < -0.4 is 9.64 Å². The van der Waals surface area contributed by atoms with Crippen molar-refractivity contribution in [3.63, 3.8) is 0 Å². The topological polar surface area (TPSA) is 36.0 Å². The van der Waals surface area contributed by atoms with Crippen LogP contribution in [0.3, 0.4) is 0 Å². The second kappa shape index (κ2) is 8.72. The molecule has 3 rings (SSSR count). The molecule has 0 aliphatic carbocycles. The van der Waals surface area contributed by atoms with Crippen LogP contribution in [0, 0.1) is 0 Å². The fourth-order valence-corrected chi connectivity index (χ4v) is 3.21. The fraction of sp³-hybridized carbons (Fsp3) is 0.381. The Labute approximate surface area is 155 Å². The van der Waals surface area contributed by atoms with Gasteiger partial charge in [0, 0.05) is 45.5 Å². The number of amides is 1. The lowest BCUT2D eigenvalue weighted by Gasteiger charge is -2.36. The monoisotopic (exact) mass is 353 g/mol. The molecule has 1 fully saturated rings. The minimum atomic E-state index is 0.161. The van der Waals surface area contributed by atoms with Gasteiger partial charge in [-0.1, -0.05) is 30.3 Å². The number of ether oxygens (including phenoxy) is 1. The predicted molar refractivity (Wildman–Crippen MR) is 105 cm³/mol. The molecule has 0 bridgehead atoms. The van der Waals surface area contributed by atoms with Gasteiger partial charge in [0.05, 0.1) is 13.7 Å². The van der Waals surface area contributed by atoms with E-state index in [1.165, 1.54) is 5.69 Å². The molecule has 1 saturated heterocycles. The number of carbonyl (C=O) groups excluding carboxylic acids is 1. The minimum absolute atomic E-state index is 0.161. The van der Waals surface area contributed by atoms with Crippen molar-refractivity contribution in [2.45, 2.75) is 6.54 Å². The van der Waals surface area contributed by atoms with Crippen LogP contribution in [0.2, 0.25) is 0 Å². The van der Waals surface area contributed by atoms with E-state index >= 15 is 0 Å². The summed E-state index contributed by atoms with van der Waals surface area (Å²) in [4.78, 5) is 19.0. The van der Waals surface area contributed by atoms with Crippen LogP contribution in [-0.2, 0) is 11.3 Å². The number of piperazine rings is 1. The molecule has 0 atom stereocenters. The third-order valence-electron chi connectivity index (χ3n) is 4.86. The number of methoxy groups -OCH3 is 1. The first-order chi connectivity index (χ1) is 12.7. The number of nitrogens with zero attached hydrogens (tertiary/aromatic N) is 3. The van der Waals surface area contributed by atoms with E-state index in [0.29, 0.717) is 13.1 Å². The van der Waals surface area contributed by atoms with E-state index in [2.05, 4.69) is 34.1 Å². The quantitative estimate of drug-likeness (QED) is 0.799. The van der Waals surface area contributed by atoms with Crippen molar-refractivity contribution in [3.05, 3.63) is 60.2 Å². The average Bonchev–Trinajstić information content (AvgIpc) is 2.70. The maximum absolute atomic E-state index is 12.5. The highest BCUT2D eigenvalue weighted by molar-refractivity contribution is 5.78. The number of rotatable bonds is 6. The summed E-state index contributed by atoms with van der Waals surface area (Å²) in [5.41, 5.74) is 2.37. The molecule has 0 saturated carbocycles. The first-order valence-electron chi connectivity index (χ1n) is 9.05. The number of anilines is 1. The van der Waals surface area contributed by atoms with Gasteiger partial charge in [0.15, 0.2) is 0 Å². The van der Waals surface area contributed by atoms with Crippen molar-refractivity contribution in [2.75, 3.05) is 51.8 Å². The fourth-order valence-electron chi connectivity index (χ4n) is 3.21. The summed E-state index contributed by atoms with van der Waals surface area (Å²) in [6.07, 6.45) is 0. The van der Waals surface area contributed by atoms with Gasteiger partial charge in [-0.2, -0.15) is 0 Å². The Kier molecular flexibility index (Phi) is 6.12. The van der Waals surface area contributed by atoms with Crippen molar-refractivity contribution < 1.29 is 9.53 Å². The van der Waals surface area contributed by atoms with Gasteiger partial charge >= 0.3 is 0 Å². The van der Waals surface area contributed by atoms with Crippen LogP contribution in [0.1, 0.15) is 5.56 Å². The van der Waals surface area contributed by atoms with E-state index < -0.39 is 0 Å². The van der Waals surface area contributed by atoms with Crippen LogP contribution in [0.25, 0.3) is 0 Å². The Morgan fingerprint density at radius 3 is 2.27 bits per heavy atom. The first kappa shape index (κ1) is 18.3. The van der Waals surface area contributed by atoms with E-state index in [0.717, 1.165) is 37.5 Å². The summed E-state index contributed by atoms with van der Waals surface area (Å²) >= 11 is 0. The van der Waals surface area contributed by atoms with Crippen LogP contribution >= 0.6 is 0 Å². The van der Waals surface area contributed by atoms with Crippen LogP contribution in [0.5, 0.6) is 5.75 Å². The lowest BCUT2D eigenvalue weighted by atomic mass is 10.2. The molecule has 1 aliphatic heterocycles. The molecule has 0 radical (unpaired) electrons. The summed E-state index contributed by atoms with van der Waals surface area (Å²) in [5.74, 6) is 0.994. The summed E-state index contributed by atoms with van der Waals surface area (Å²) < 4.78 is 5.17. The maximum atomic E-state index is 12.5. The summed E-state index contributed by atoms with van der Waals surface area (Å²) in [7, 11) is 3.52. The van der Waals surface area contributed by atoms with E-state index in [1.54, 1.807) is 12.0 Å². The largest absolute Gasteiger partial charge is 0.497 e. The van der Waals surface area contributed by atoms with Gasteiger partial charge < -0.3 is 14.5 Å². The van der Waals surface area contributed by atoms with Crippen molar-refractivity contribution in [1.29, 1.82) is 0 Å². The van der Waals surface area contributed by atoms with Gasteiger partial charge in [0.1, 0.15) is 5.75 Å². The van der Waals surface area contributed by atoms with Gasteiger partial charge in [-0.15, -0.1) is 0 Å². The smallest absolute Gasteiger partial charge is 0.236 e. The lowest BCUT2D eigenvalue weighted by Crippen LogP contribution is -2.49. The zero-order chi connectivity index (χ0) is 18.4. The Bertz CT molecular complexity index is 695. The molecule has 138 valence electrons. The number of benzene rings is 2. The third-order valence-corrected chi connectivity index (χ3v) is 4.86. The summed E-state index contributed by atoms with van der Waals surface area (Å²) in [6.45, 7) is 4.84.